The molecule has 5 nitrogen and oxygen atoms in total. The Bertz CT molecular complexity index is 684. The Hall–Kier alpha value is -2.53. The lowest BCUT2D eigenvalue weighted by atomic mass is 10.2. The minimum atomic E-state index is -0.343. The fourth-order valence-corrected chi connectivity index (χ4v) is 1.87. The minimum Gasteiger partial charge on any atom is -0.506 e. The Kier molecular flexibility index (Phi) is 4.45. The Morgan fingerprint density at radius 2 is 1.57 bits per heavy atom. The van der Waals surface area contributed by atoms with Gasteiger partial charge in [-0.1, -0.05) is 11.6 Å². The van der Waals surface area contributed by atoms with Gasteiger partial charge in [0.1, 0.15) is 5.75 Å². The van der Waals surface area contributed by atoms with Crippen LogP contribution in [0.1, 0.15) is 17.3 Å². The molecule has 0 heterocycles. The summed E-state index contributed by atoms with van der Waals surface area (Å²) < 4.78 is 0. The van der Waals surface area contributed by atoms with Crippen molar-refractivity contribution in [2.75, 3.05) is 10.6 Å². The lowest BCUT2D eigenvalue weighted by molar-refractivity contribution is -0.114. The van der Waals surface area contributed by atoms with E-state index in [0.29, 0.717) is 16.9 Å². The van der Waals surface area contributed by atoms with E-state index >= 15 is 0 Å². The summed E-state index contributed by atoms with van der Waals surface area (Å²) in [5.41, 5.74) is 1.57. The van der Waals surface area contributed by atoms with Gasteiger partial charge in [0.15, 0.2) is 0 Å². The molecule has 3 N–H and O–H groups in total. The van der Waals surface area contributed by atoms with Crippen molar-refractivity contribution in [1.82, 2.24) is 0 Å². The molecule has 108 valence electrons. The standard InChI is InChI=1S/C15H13ClN2O3/c1-9(19)17-11-3-5-12(6-4-11)18-15(21)10-2-7-14(20)13(16)8-10/h2-8,20H,1H3,(H,17,19)(H,18,21). The highest BCUT2D eigenvalue weighted by Crippen LogP contribution is 2.24. The van der Waals surface area contributed by atoms with Crippen LogP contribution in [0.5, 0.6) is 5.75 Å². The molecule has 0 aliphatic carbocycles. The van der Waals surface area contributed by atoms with Crippen LogP contribution < -0.4 is 10.6 Å². The first-order chi connectivity index (χ1) is 9.95. The van der Waals surface area contributed by atoms with Gasteiger partial charge in [0.2, 0.25) is 5.91 Å². The van der Waals surface area contributed by atoms with Crippen LogP contribution in [-0.4, -0.2) is 16.9 Å². The van der Waals surface area contributed by atoms with E-state index in [1.54, 1.807) is 24.3 Å². The zero-order valence-electron chi connectivity index (χ0n) is 11.2. The maximum absolute atomic E-state index is 12.0. The number of hydrogen-bond acceptors (Lipinski definition) is 3. The molecule has 0 aliphatic heterocycles. The summed E-state index contributed by atoms with van der Waals surface area (Å²) in [7, 11) is 0. The highest BCUT2D eigenvalue weighted by Gasteiger charge is 2.08. The molecular formula is C15H13ClN2O3. The van der Waals surface area contributed by atoms with E-state index in [0.717, 1.165) is 0 Å². The predicted octanol–water partition coefficient (Wildman–Crippen LogP) is 3.26. The van der Waals surface area contributed by atoms with Gasteiger partial charge in [-0.05, 0) is 42.5 Å². The van der Waals surface area contributed by atoms with Crippen molar-refractivity contribution in [1.29, 1.82) is 0 Å². The van der Waals surface area contributed by atoms with Gasteiger partial charge in [-0.2, -0.15) is 0 Å². The summed E-state index contributed by atoms with van der Waals surface area (Å²) in [6.45, 7) is 1.42. The highest BCUT2D eigenvalue weighted by atomic mass is 35.5. The molecule has 21 heavy (non-hydrogen) atoms. The molecule has 0 aromatic heterocycles. The van der Waals surface area contributed by atoms with Gasteiger partial charge in [0.05, 0.1) is 5.02 Å². The molecule has 6 heteroatoms. The third kappa shape index (κ3) is 3.97. The fraction of sp³-hybridized carbons (Fsp3) is 0.0667. The Labute approximate surface area is 126 Å². The Balaban J connectivity index is 2.08. The summed E-state index contributed by atoms with van der Waals surface area (Å²) >= 11 is 5.76. The fourth-order valence-electron chi connectivity index (χ4n) is 1.69. The maximum atomic E-state index is 12.0. The van der Waals surface area contributed by atoms with Crippen molar-refractivity contribution in [3.8, 4) is 5.75 Å². The van der Waals surface area contributed by atoms with Crippen LogP contribution in [0.3, 0.4) is 0 Å². The van der Waals surface area contributed by atoms with Crippen molar-refractivity contribution in [3.05, 3.63) is 53.1 Å². The second kappa shape index (κ2) is 6.28. The van der Waals surface area contributed by atoms with Crippen LogP contribution in [0.25, 0.3) is 0 Å². The van der Waals surface area contributed by atoms with E-state index in [4.69, 9.17) is 11.6 Å². The van der Waals surface area contributed by atoms with Crippen LogP contribution in [0, 0.1) is 0 Å². The van der Waals surface area contributed by atoms with Gasteiger partial charge in [-0.3, -0.25) is 9.59 Å². The summed E-state index contributed by atoms with van der Waals surface area (Å²) in [6, 6.07) is 10.9. The average molecular weight is 305 g/mol. The van der Waals surface area contributed by atoms with Crippen LogP contribution in [0.15, 0.2) is 42.5 Å². The molecule has 0 bridgehead atoms. The molecule has 0 radical (unpaired) electrons. The van der Waals surface area contributed by atoms with Crippen molar-refractivity contribution >= 4 is 34.8 Å². The van der Waals surface area contributed by atoms with Crippen molar-refractivity contribution < 1.29 is 14.7 Å². The first-order valence-electron chi connectivity index (χ1n) is 6.13. The highest BCUT2D eigenvalue weighted by molar-refractivity contribution is 6.32. The number of nitrogens with one attached hydrogen (secondary N) is 2. The third-order valence-corrected chi connectivity index (χ3v) is 2.98. The molecule has 2 rings (SSSR count). The van der Waals surface area contributed by atoms with Crippen LogP contribution in [0.2, 0.25) is 5.02 Å². The number of phenols is 1. The number of halogens is 1. The molecule has 0 aliphatic rings. The van der Waals surface area contributed by atoms with Crippen molar-refractivity contribution in [2.45, 2.75) is 6.92 Å². The topological polar surface area (TPSA) is 78.4 Å². The summed E-state index contributed by atoms with van der Waals surface area (Å²) in [5.74, 6) is -0.581. The van der Waals surface area contributed by atoms with Crippen LogP contribution in [0.4, 0.5) is 11.4 Å². The molecule has 0 spiro atoms. The maximum Gasteiger partial charge on any atom is 0.255 e. The first-order valence-corrected chi connectivity index (χ1v) is 6.51. The lowest BCUT2D eigenvalue weighted by Gasteiger charge is -2.07. The SMILES string of the molecule is CC(=O)Nc1ccc(NC(=O)c2ccc(O)c(Cl)c2)cc1. The number of benzene rings is 2. The zero-order chi connectivity index (χ0) is 15.4. The summed E-state index contributed by atoms with van der Waals surface area (Å²) in [5, 5.41) is 14.8. The number of anilines is 2. The van der Waals surface area contributed by atoms with E-state index in [1.165, 1.54) is 25.1 Å². The number of carbonyl (C=O) groups is 2. The molecule has 2 aromatic rings. The van der Waals surface area contributed by atoms with E-state index < -0.39 is 0 Å². The average Bonchev–Trinajstić information content (AvgIpc) is 2.43. The number of aromatic hydroxyl groups is 1. The number of carbonyl (C=O) groups excluding carboxylic acids is 2. The van der Waals surface area contributed by atoms with Crippen LogP contribution in [-0.2, 0) is 4.79 Å². The summed E-state index contributed by atoms with van der Waals surface area (Å²) in [6.07, 6.45) is 0. The quantitative estimate of drug-likeness (QED) is 0.814. The zero-order valence-corrected chi connectivity index (χ0v) is 11.9. The molecule has 0 atom stereocenters. The van der Waals surface area contributed by atoms with Crippen molar-refractivity contribution in [3.63, 3.8) is 0 Å². The summed E-state index contributed by atoms with van der Waals surface area (Å²) in [4.78, 5) is 22.9. The molecule has 2 aromatic carbocycles. The normalized spacial score (nSPS) is 10.0. The Morgan fingerprint density at radius 3 is 2.10 bits per heavy atom. The van der Waals surface area contributed by atoms with E-state index in [9.17, 15) is 14.7 Å². The predicted molar refractivity (Wildman–Crippen MR) is 81.8 cm³/mol. The van der Waals surface area contributed by atoms with Gasteiger partial charge >= 0.3 is 0 Å². The third-order valence-electron chi connectivity index (χ3n) is 2.67. The lowest BCUT2D eigenvalue weighted by Crippen LogP contribution is -2.12. The van der Waals surface area contributed by atoms with E-state index in [1.807, 2.05) is 0 Å². The Morgan fingerprint density at radius 1 is 1.00 bits per heavy atom. The molecule has 0 fully saturated rings. The number of amides is 2. The van der Waals surface area contributed by atoms with Gasteiger partial charge in [0, 0.05) is 23.9 Å². The first kappa shape index (κ1) is 14.9. The van der Waals surface area contributed by atoms with Crippen LogP contribution >= 0.6 is 11.6 Å². The van der Waals surface area contributed by atoms with Gasteiger partial charge in [0.25, 0.3) is 5.91 Å². The van der Waals surface area contributed by atoms with Gasteiger partial charge in [-0.15, -0.1) is 0 Å². The number of rotatable bonds is 3. The van der Waals surface area contributed by atoms with Crippen molar-refractivity contribution in [2.24, 2.45) is 0 Å². The molecule has 0 saturated heterocycles. The largest absolute Gasteiger partial charge is 0.506 e. The molecule has 2 amide bonds. The molecular weight excluding hydrogens is 292 g/mol. The molecule has 0 saturated carbocycles. The van der Waals surface area contributed by atoms with Gasteiger partial charge < -0.3 is 15.7 Å². The molecule has 0 unspecified atom stereocenters. The minimum absolute atomic E-state index is 0.0760. The smallest absolute Gasteiger partial charge is 0.255 e. The van der Waals surface area contributed by atoms with Gasteiger partial charge in [-0.25, -0.2) is 0 Å². The second-order valence-electron chi connectivity index (χ2n) is 4.38. The van der Waals surface area contributed by atoms with E-state index in [2.05, 4.69) is 10.6 Å². The number of phenolic OH excluding ortho intramolecular Hbond substituents is 1. The van der Waals surface area contributed by atoms with E-state index in [-0.39, 0.29) is 22.6 Å². The monoisotopic (exact) mass is 304 g/mol. The second-order valence-corrected chi connectivity index (χ2v) is 4.79. The number of hydrogen-bond donors (Lipinski definition) is 3.